The first-order chi connectivity index (χ1) is 14.9. The van der Waals surface area contributed by atoms with E-state index in [4.69, 9.17) is 4.74 Å². The van der Waals surface area contributed by atoms with E-state index >= 15 is 0 Å². The van der Waals surface area contributed by atoms with E-state index in [0.717, 1.165) is 62.0 Å². The first-order valence-electron chi connectivity index (χ1n) is 11.5. The quantitative estimate of drug-likeness (QED) is 0.727. The Morgan fingerprint density at radius 1 is 1.10 bits per heavy atom. The summed E-state index contributed by atoms with van der Waals surface area (Å²) >= 11 is 0. The molecule has 164 valence electrons. The number of ether oxygens (including phenoxy) is 1. The van der Waals surface area contributed by atoms with Gasteiger partial charge in [0.2, 0.25) is 0 Å². The van der Waals surface area contributed by atoms with E-state index in [1.807, 2.05) is 12.1 Å². The number of carbonyl (C=O) groups excluding carboxylic acids is 1. The number of carbonyl (C=O) groups is 1. The minimum absolute atomic E-state index is 0.00882. The number of hydrogen-bond acceptors (Lipinski definition) is 3. The third-order valence-electron chi connectivity index (χ3n) is 7.57. The third kappa shape index (κ3) is 4.08. The molecule has 2 aromatic carbocycles. The van der Waals surface area contributed by atoms with Crippen LogP contribution in [-0.4, -0.2) is 36.7 Å². The number of halogens is 1. The minimum atomic E-state index is -0.299. The van der Waals surface area contributed by atoms with Gasteiger partial charge in [-0.3, -0.25) is 4.90 Å². The first-order valence-corrected chi connectivity index (χ1v) is 11.5. The van der Waals surface area contributed by atoms with E-state index in [9.17, 15) is 9.18 Å². The largest absolute Gasteiger partial charge is 0.445 e. The highest BCUT2D eigenvalue weighted by atomic mass is 19.1. The Morgan fingerprint density at radius 3 is 2.48 bits per heavy atom. The maximum absolute atomic E-state index is 13.3. The summed E-state index contributed by atoms with van der Waals surface area (Å²) in [5.41, 5.74) is 4.42. The van der Waals surface area contributed by atoms with Gasteiger partial charge in [-0.25, -0.2) is 9.18 Å². The van der Waals surface area contributed by atoms with Gasteiger partial charge in [0.25, 0.3) is 0 Å². The van der Waals surface area contributed by atoms with Gasteiger partial charge in [-0.15, -0.1) is 0 Å². The highest BCUT2D eigenvalue weighted by molar-refractivity contribution is 5.70. The molecule has 4 nitrogen and oxygen atoms in total. The summed E-state index contributed by atoms with van der Waals surface area (Å²) in [7, 11) is 0. The van der Waals surface area contributed by atoms with Crippen molar-refractivity contribution in [3.05, 3.63) is 59.4 Å². The first kappa shape index (κ1) is 20.5. The second-order valence-corrected chi connectivity index (χ2v) is 10.1. The van der Waals surface area contributed by atoms with Crippen LogP contribution in [0.1, 0.15) is 50.3 Å². The van der Waals surface area contributed by atoms with Gasteiger partial charge in [-0.05, 0) is 84.5 Å². The Hall–Kier alpha value is -2.40. The van der Waals surface area contributed by atoms with Crippen LogP contribution in [0.15, 0.2) is 42.5 Å². The number of nitrogens with zero attached hydrogens (tertiary/aromatic N) is 1. The standard InChI is InChI=1S/C26H31FN2O2/c1-26(2)12-9-20-15-19(17-3-6-21(27)7-4-17)5-8-22(20)24(26)28-25(30)31-23-16-29-13-10-18(23)11-14-29/h3-8,15,18,23-24H,9-14,16H2,1-2H3,(H,28,30)/t23-,24?/m0/s1. The van der Waals surface area contributed by atoms with Crippen molar-refractivity contribution in [3.63, 3.8) is 0 Å². The lowest BCUT2D eigenvalue weighted by atomic mass is 9.70. The maximum atomic E-state index is 13.3. The van der Waals surface area contributed by atoms with Crippen LogP contribution in [0, 0.1) is 17.2 Å². The number of aryl methyl sites for hydroxylation is 1. The minimum Gasteiger partial charge on any atom is -0.445 e. The van der Waals surface area contributed by atoms with Crippen LogP contribution in [0.4, 0.5) is 9.18 Å². The van der Waals surface area contributed by atoms with Crippen LogP contribution in [0.5, 0.6) is 0 Å². The van der Waals surface area contributed by atoms with E-state index in [2.05, 4.69) is 42.3 Å². The molecule has 31 heavy (non-hydrogen) atoms. The van der Waals surface area contributed by atoms with Crippen LogP contribution in [0.2, 0.25) is 0 Å². The number of benzene rings is 2. The van der Waals surface area contributed by atoms with Gasteiger partial charge in [-0.2, -0.15) is 0 Å². The second-order valence-electron chi connectivity index (χ2n) is 10.1. The molecule has 3 heterocycles. The molecule has 0 aromatic heterocycles. The summed E-state index contributed by atoms with van der Waals surface area (Å²) in [6.45, 7) is 7.55. The Morgan fingerprint density at radius 2 is 1.81 bits per heavy atom. The van der Waals surface area contributed by atoms with Gasteiger partial charge < -0.3 is 10.1 Å². The fourth-order valence-corrected chi connectivity index (χ4v) is 5.55. The Bertz CT molecular complexity index is 964. The number of fused-ring (bicyclic) bond motifs is 4. The summed E-state index contributed by atoms with van der Waals surface area (Å²) in [5.74, 6) is 0.273. The summed E-state index contributed by atoms with van der Waals surface area (Å²) in [5, 5.41) is 3.21. The summed E-state index contributed by atoms with van der Waals surface area (Å²) in [6.07, 6.45) is 3.91. The molecule has 2 atom stereocenters. The fraction of sp³-hybridized carbons (Fsp3) is 0.500. The molecule has 1 aliphatic carbocycles. The number of nitrogens with one attached hydrogen (secondary N) is 1. The number of rotatable bonds is 3. The van der Waals surface area contributed by atoms with E-state index < -0.39 is 0 Å². The molecule has 2 bridgehead atoms. The molecule has 1 unspecified atom stereocenters. The van der Waals surface area contributed by atoms with Crippen LogP contribution < -0.4 is 5.32 Å². The topological polar surface area (TPSA) is 41.6 Å². The highest BCUT2D eigenvalue weighted by Gasteiger charge is 2.40. The monoisotopic (exact) mass is 422 g/mol. The van der Waals surface area contributed by atoms with Crippen LogP contribution >= 0.6 is 0 Å². The molecule has 2 aromatic rings. The van der Waals surface area contributed by atoms with Gasteiger partial charge in [0.15, 0.2) is 0 Å². The van der Waals surface area contributed by atoms with Crippen molar-refractivity contribution in [1.82, 2.24) is 10.2 Å². The van der Waals surface area contributed by atoms with Gasteiger partial charge in [-0.1, -0.05) is 44.2 Å². The Balaban J connectivity index is 1.35. The molecule has 0 saturated carbocycles. The second kappa shape index (κ2) is 7.94. The van der Waals surface area contributed by atoms with Crippen LogP contribution in [-0.2, 0) is 11.2 Å². The lowest BCUT2D eigenvalue weighted by Crippen LogP contribution is -2.53. The maximum Gasteiger partial charge on any atom is 0.407 e. The number of hydrogen-bond donors (Lipinski definition) is 1. The molecule has 5 heteroatoms. The van der Waals surface area contributed by atoms with Crippen molar-refractivity contribution in [2.75, 3.05) is 19.6 Å². The molecule has 1 amide bonds. The van der Waals surface area contributed by atoms with Gasteiger partial charge in [0.05, 0.1) is 6.04 Å². The molecule has 3 saturated heterocycles. The van der Waals surface area contributed by atoms with Crippen LogP contribution in [0.25, 0.3) is 11.1 Å². The van der Waals surface area contributed by atoms with Crippen molar-refractivity contribution < 1.29 is 13.9 Å². The average molecular weight is 423 g/mol. The zero-order chi connectivity index (χ0) is 21.6. The Kier molecular flexibility index (Phi) is 5.25. The number of amides is 1. The van der Waals surface area contributed by atoms with E-state index in [0.29, 0.717) is 5.92 Å². The molecule has 1 N–H and O–H groups in total. The predicted molar refractivity (Wildman–Crippen MR) is 119 cm³/mol. The summed E-state index contributed by atoms with van der Waals surface area (Å²) < 4.78 is 19.2. The van der Waals surface area contributed by atoms with Crippen molar-refractivity contribution in [1.29, 1.82) is 0 Å². The molecule has 3 fully saturated rings. The zero-order valence-electron chi connectivity index (χ0n) is 18.4. The van der Waals surface area contributed by atoms with E-state index in [1.54, 1.807) is 0 Å². The normalized spacial score (nSPS) is 28.6. The smallest absolute Gasteiger partial charge is 0.407 e. The third-order valence-corrected chi connectivity index (χ3v) is 7.57. The summed E-state index contributed by atoms with van der Waals surface area (Å²) in [6, 6.07) is 12.9. The van der Waals surface area contributed by atoms with Gasteiger partial charge >= 0.3 is 6.09 Å². The zero-order valence-corrected chi connectivity index (χ0v) is 18.4. The van der Waals surface area contributed by atoms with E-state index in [1.165, 1.54) is 17.7 Å². The average Bonchev–Trinajstić information content (AvgIpc) is 2.77. The molecule has 4 aliphatic rings. The number of alkyl carbamates (subject to hydrolysis) is 1. The van der Waals surface area contributed by atoms with Crippen molar-refractivity contribution >= 4 is 6.09 Å². The van der Waals surface area contributed by atoms with Gasteiger partial charge in [0, 0.05) is 6.54 Å². The lowest BCUT2D eigenvalue weighted by molar-refractivity contribution is -0.0353. The predicted octanol–water partition coefficient (Wildman–Crippen LogP) is 5.33. The summed E-state index contributed by atoms with van der Waals surface area (Å²) in [4.78, 5) is 15.3. The van der Waals surface area contributed by atoms with E-state index in [-0.39, 0.29) is 29.5 Å². The molecular weight excluding hydrogens is 391 g/mol. The molecule has 0 spiro atoms. The molecular formula is C26H31FN2O2. The molecule has 6 rings (SSSR count). The van der Waals surface area contributed by atoms with Crippen molar-refractivity contribution in [2.45, 2.75) is 51.7 Å². The Labute approximate surface area is 183 Å². The van der Waals surface area contributed by atoms with Crippen molar-refractivity contribution in [3.8, 4) is 11.1 Å². The SMILES string of the molecule is CC1(C)CCc2cc(-c3ccc(F)cc3)ccc2C1NC(=O)O[C@H]1CN2CCC1CC2. The molecule has 0 radical (unpaired) electrons. The van der Waals surface area contributed by atoms with Gasteiger partial charge in [0.1, 0.15) is 11.9 Å². The lowest BCUT2D eigenvalue weighted by Gasteiger charge is -2.44. The van der Waals surface area contributed by atoms with Crippen LogP contribution in [0.3, 0.4) is 0 Å². The highest BCUT2D eigenvalue weighted by Crippen LogP contribution is 2.44. The number of piperidine rings is 3. The fourth-order valence-electron chi connectivity index (χ4n) is 5.55. The van der Waals surface area contributed by atoms with Crippen molar-refractivity contribution in [2.24, 2.45) is 11.3 Å². The molecule has 3 aliphatic heterocycles.